The van der Waals surface area contributed by atoms with Crippen LogP contribution in [-0.4, -0.2) is 35.7 Å². The molecule has 1 heterocycles. The monoisotopic (exact) mass is 332 g/mol. The lowest BCUT2D eigenvalue weighted by Crippen LogP contribution is -2.43. The summed E-state index contributed by atoms with van der Waals surface area (Å²) in [5, 5.41) is 2.86. The van der Waals surface area contributed by atoms with Gasteiger partial charge in [0.1, 0.15) is 6.54 Å². The van der Waals surface area contributed by atoms with Gasteiger partial charge in [0.25, 0.3) is 0 Å². The fraction of sp³-hybridized carbons (Fsp3) is 0.737. The number of likely N-dealkylation sites (tertiary alicyclic amines) is 1. The first-order valence-electron chi connectivity index (χ1n) is 9.40. The topological polar surface area (TPSA) is 66.5 Å². The second kappa shape index (κ2) is 7.49. The Labute approximate surface area is 143 Å². The van der Waals surface area contributed by atoms with Crippen molar-refractivity contribution in [2.24, 2.45) is 5.41 Å². The highest BCUT2D eigenvalue weighted by molar-refractivity contribution is 6.08. The van der Waals surface area contributed by atoms with Gasteiger partial charge in [-0.15, -0.1) is 0 Å². The van der Waals surface area contributed by atoms with Gasteiger partial charge in [0.2, 0.25) is 17.7 Å². The summed E-state index contributed by atoms with van der Waals surface area (Å²) in [5.41, 5.74) is 0.915. The molecule has 1 aliphatic heterocycles. The van der Waals surface area contributed by atoms with E-state index < -0.39 is 5.41 Å². The fourth-order valence-electron chi connectivity index (χ4n) is 4.33. The molecule has 1 saturated carbocycles. The van der Waals surface area contributed by atoms with Gasteiger partial charge in [-0.3, -0.25) is 19.3 Å². The number of allylic oxidation sites excluding steroid dienone is 1. The van der Waals surface area contributed by atoms with E-state index >= 15 is 0 Å². The second-order valence-corrected chi connectivity index (χ2v) is 7.51. The Morgan fingerprint density at radius 3 is 2.62 bits per heavy atom. The maximum Gasteiger partial charge on any atom is 0.240 e. The number of nitrogens with zero attached hydrogens (tertiary/aromatic N) is 1. The summed E-state index contributed by atoms with van der Waals surface area (Å²) in [7, 11) is 0. The highest BCUT2D eigenvalue weighted by Crippen LogP contribution is 2.45. The minimum atomic E-state index is -0.497. The molecule has 3 amide bonds. The molecule has 0 bridgehead atoms. The first-order chi connectivity index (χ1) is 11.6. The van der Waals surface area contributed by atoms with Crippen LogP contribution in [0.25, 0.3) is 0 Å². The molecular weight excluding hydrogens is 304 g/mol. The zero-order valence-electron chi connectivity index (χ0n) is 14.4. The molecule has 5 nitrogen and oxygen atoms in total. The average Bonchev–Trinajstić information content (AvgIpc) is 2.81. The molecule has 2 fully saturated rings. The lowest BCUT2D eigenvalue weighted by molar-refractivity contribution is -0.145. The Morgan fingerprint density at radius 2 is 1.92 bits per heavy atom. The standard InChI is InChI=1S/C19H28N2O3/c22-16(20-12-9-15-7-3-1-4-8-15)14-21-17(23)13-19(18(21)24)10-5-2-6-11-19/h7H,1-6,8-14H2,(H,20,22). The van der Waals surface area contributed by atoms with Gasteiger partial charge < -0.3 is 5.32 Å². The van der Waals surface area contributed by atoms with Crippen molar-refractivity contribution in [2.45, 2.75) is 70.6 Å². The Balaban J connectivity index is 1.48. The smallest absolute Gasteiger partial charge is 0.240 e. The number of rotatable bonds is 5. The molecule has 2 aliphatic carbocycles. The van der Waals surface area contributed by atoms with Crippen LogP contribution in [0.5, 0.6) is 0 Å². The molecule has 0 radical (unpaired) electrons. The summed E-state index contributed by atoms with van der Waals surface area (Å²) in [5.74, 6) is -0.509. The minimum absolute atomic E-state index is 0.113. The highest BCUT2D eigenvalue weighted by atomic mass is 16.2. The van der Waals surface area contributed by atoms with E-state index in [1.165, 1.54) is 23.3 Å². The number of carbonyl (C=O) groups excluding carboxylic acids is 3. The molecule has 1 spiro atoms. The van der Waals surface area contributed by atoms with Gasteiger partial charge in [0.15, 0.2) is 0 Å². The zero-order chi connectivity index (χ0) is 17.0. The number of carbonyl (C=O) groups is 3. The number of hydrogen-bond acceptors (Lipinski definition) is 3. The molecule has 0 aromatic heterocycles. The molecule has 1 saturated heterocycles. The summed E-state index contributed by atoms with van der Waals surface area (Å²) in [4.78, 5) is 38.2. The van der Waals surface area contributed by atoms with Crippen LogP contribution in [0.1, 0.15) is 70.6 Å². The zero-order valence-corrected chi connectivity index (χ0v) is 14.4. The van der Waals surface area contributed by atoms with Crippen LogP contribution < -0.4 is 5.32 Å². The Hall–Kier alpha value is -1.65. The van der Waals surface area contributed by atoms with E-state index in [0.29, 0.717) is 13.0 Å². The van der Waals surface area contributed by atoms with E-state index in [9.17, 15) is 14.4 Å². The summed E-state index contributed by atoms with van der Waals surface area (Å²) in [6, 6.07) is 0. The first-order valence-corrected chi connectivity index (χ1v) is 9.40. The van der Waals surface area contributed by atoms with Gasteiger partial charge in [-0.25, -0.2) is 0 Å². The van der Waals surface area contributed by atoms with Crippen molar-refractivity contribution in [1.82, 2.24) is 10.2 Å². The maximum atomic E-state index is 12.7. The molecule has 0 unspecified atom stereocenters. The van der Waals surface area contributed by atoms with Crippen molar-refractivity contribution in [3.05, 3.63) is 11.6 Å². The number of amides is 3. The molecule has 3 aliphatic rings. The molecule has 0 aromatic carbocycles. The van der Waals surface area contributed by atoms with Crippen LogP contribution in [0.3, 0.4) is 0 Å². The van der Waals surface area contributed by atoms with Crippen LogP contribution in [-0.2, 0) is 14.4 Å². The van der Waals surface area contributed by atoms with Gasteiger partial charge in [-0.05, 0) is 44.9 Å². The lowest BCUT2D eigenvalue weighted by Gasteiger charge is -2.30. The van der Waals surface area contributed by atoms with Gasteiger partial charge >= 0.3 is 0 Å². The predicted octanol–water partition coefficient (Wildman–Crippen LogP) is 2.70. The van der Waals surface area contributed by atoms with E-state index in [1.54, 1.807) is 0 Å². The second-order valence-electron chi connectivity index (χ2n) is 7.51. The van der Waals surface area contributed by atoms with E-state index in [2.05, 4.69) is 11.4 Å². The average molecular weight is 332 g/mol. The molecule has 5 heteroatoms. The van der Waals surface area contributed by atoms with Crippen LogP contribution in [0.4, 0.5) is 0 Å². The summed E-state index contributed by atoms with van der Waals surface area (Å²) < 4.78 is 0. The fourth-order valence-corrected chi connectivity index (χ4v) is 4.33. The Kier molecular flexibility index (Phi) is 5.36. The van der Waals surface area contributed by atoms with Crippen LogP contribution in [0.15, 0.2) is 11.6 Å². The van der Waals surface area contributed by atoms with E-state index in [0.717, 1.165) is 51.4 Å². The van der Waals surface area contributed by atoms with Gasteiger partial charge in [-0.1, -0.05) is 30.9 Å². The third kappa shape index (κ3) is 3.70. The first kappa shape index (κ1) is 17.2. The molecular formula is C19H28N2O3. The number of hydrogen-bond donors (Lipinski definition) is 1. The normalized spacial score (nSPS) is 23.5. The quantitative estimate of drug-likeness (QED) is 0.622. The van der Waals surface area contributed by atoms with Crippen molar-refractivity contribution >= 4 is 17.7 Å². The SMILES string of the molecule is O=C(CN1C(=O)CC2(CCCCC2)C1=O)NCCC1=CCCCC1. The molecule has 3 rings (SSSR count). The lowest BCUT2D eigenvalue weighted by atomic mass is 9.73. The van der Waals surface area contributed by atoms with Crippen LogP contribution in [0, 0.1) is 5.41 Å². The van der Waals surface area contributed by atoms with Gasteiger partial charge in [0.05, 0.1) is 5.41 Å². The molecule has 24 heavy (non-hydrogen) atoms. The van der Waals surface area contributed by atoms with E-state index in [4.69, 9.17) is 0 Å². The van der Waals surface area contributed by atoms with E-state index in [-0.39, 0.29) is 24.3 Å². The van der Waals surface area contributed by atoms with Crippen molar-refractivity contribution in [1.29, 1.82) is 0 Å². The van der Waals surface area contributed by atoms with Crippen molar-refractivity contribution in [2.75, 3.05) is 13.1 Å². The highest BCUT2D eigenvalue weighted by Gasteiger charge is 2.51. The summed E-state index contributed by atoms with van der Waals surface area (Å²) in [6.07, 6.45) is 13.0. The third-order valence-electron chi connectivity index (χ3n) is 5.76. The predicted molar refractivity (Wildman–Crippen MR) is 91.0 cm³/mol. The maximum absolute atomic E-state index is 12.7. The Morgan fingerprint density at radius 1 is 1.12 bits per heavy atom. The largest absolute Gasteiger partial charge is 0.354 e. The number of nitrogens with one attached hydrogen (secondary N) is 1. The molecule has 132 valence electrons. The molecule has 0 aromatic rings. The minimum Gasteiger partial charge on any atom is -0.354 e. The van der Waals surface area contributed by atoms with Gasteiger partial charge in [0, 0.05) is 13.0 Å². The summed E-state index contributed by atoms with van der Waals surface area (Å²) in [6.45, 7) is 0.477. The molecule has 0 atom stereocenters. The molecule has 1 N–H and O–H groups in total. The van der Waals surface area contributed by atoms with Crippen molar-refractivity contribution in [3.8, 4) is 0 Å². The third-order valence-corrected chi connectivity index (χ3v) is 5.76. The van der Waals surface area contributed by atoms with Crippen molar-refractivity contribution in [3.63, 3.8) is 0 Å². The number of imide groups is 1. The van der Waals surface area contributed by atoms with Crippen LogP contribution >= 0.6 is 0 Å². The van der Waals surface area contributed by atoms with Crippen LogP contribution in [0.2, 0.25) is 0 Å². The Bertz CT molecular complexity index is 547. The summed E-state index contributed by atoms with van der Waals surface area (Å²) >= 11 is 0. The van der Waals surface area contributed by atoms with E-state index in [1.807, 2.05) is 0 Å². The van der Waals surface area contributed by atoms with Gasteiger partial charge in [-0.2, -0.15) is 0 Å². The van der Waals surface area contributed by atoms with Crippen molar-refractivity contribution < 1.29 is 14.4 Å².